The minimum atomic E-state index is 0.934. The molecule has 0 aliphatic heterocycles. The van der Waals surface area contributed by atoms with Gasteiger partial charge in [-0.05, 0) is 24.6 Å². The Morgan fingerprint density at radius 2 is 1.95 bits per heavy atom. The number of nitrogens with one attached hydrogen (secondary N) is 1. The molecular weight excluding hydrogens is 234 g/mol. The number of rotatable bonds is 3. The Bertz CT molecular complexity index is 696. The van der Waals surface area contributed by atoms with Crippen LogP contribution in [0.15, 0.2) is 42.7 Å². The Morgan fingerprint density at radius 1 is 1.16 bits per heavy atom. The first-order chi connectivity index (χ1) is 9.26. The third-order valence-corrected chi connectivity index (χ3v) is 3.28. The third kappa shape index (κ3) is 2.36. The normalized spacial score (nSPS) is 11.1. The Morgan fingerprint density at radius 3 is 2.68 bits per heavy atom. The van der Waals surface area contributed by atoms with Crippen molar-refractivity contribution in [2.24, 2.45) is 0 Å². The first-order valence-electron chi connectivity index (χ1n) is 6.72. The summed E-state index contributed by atoms with van der Waals surface area (Å²) >= 11 is 0. The first-order valence-corrected chi connectivity index (χ1v) is 6.72. The van der Waals surface area contributed by atoms with Gasteiger partial charge in [0.25, 0.3) is 0 Å². The van der Waals surface area contributed by atoms with Gasteiger partial charge in [0, 0.05) is 24.1 Å². The summed E-state index contributed by atoms with van der Waals surface area (Å²) in [6.45, 7) is 5.33. The van der Waals surface area contributed by atoms with Gasteiger partial charge in [0.05, 0.1) is 11.0 Å². The van der Waals surface area contributed by atoms with Crippen LogP contribution in [0.25, 0.3) is 22.4 Å². The second kappa shape index (κ2) is 4.84. The number of aromatic nitrogens is 3. The molecule has 0 radical (unpaired) electrons. The van der Waals surface area contributed by atoms with E-state index >= 15 is 0 Å². The Hall–Kier alpha value is -2.16. The van der Waals surface area contributed by atoms with E-state index in [0.717, 1.165) is 35.4 Å². The largest absolute Gasteiger partial charge is 0.338 e. The molecule has 0 unspecified atom stereocenters. The molecule has 0 fully saturated rings. The van der Waals surface area contributed by atoms with Crippen molar-refractivity contribution >= 4 is 11.0 Å². The predicted molar refractivity (Wildman–Crippen MR) is 76.8 cm³/mol. The number of hydrogen-bond donors (Lipinski definition) is 1. The van der Waals surface area contributed by atoms with Crippen LogP contribution < -0.4 is 4.57 Å². The average molecular weight is 252 g/mol. The molecule has 0 saturated carbocycles. The molecule has 3 rings (SSSR count). The average Bonchev–Trinajstić information content (AvgIpc) is 2.83. The predicted octanol–water partition coefficient (Wildman–Crippen LogP) is 3.24. The van der Waals surface area contributed by atoms with Crippen molar-refractivity contribution in [3.63, 3.8) is 0 Å². The Kier molecular flexibility index (Phi) is 3.03. The van der Waals surface area contributed by atoms with Gasteiger partial charge in [-0.2, -0.15) is 0 Å². The van der Waals surface area contributed by atoms with E-state index in [2.05, 4.69) is 71.1 Å². The van der Waals surface area contributed by atoms with E-state index in [1.165, 1.54) is 5.56 Å². The van der Waals surface area contributed by atoms with Crippen LogP contribution in [0.4, 0.5) is 0 Å². The van der Waals surface area contributed by atoms with Crippen LogP contribution in [0, 0.1) is 6.92 Å². The highest BCUT2D eigenvalue weighted by atomic mass is 14.9. The molecule has 0 saturated heterocycles. The van der Waals surface area contributed by atoms with E-state index in [1.54, 1.807) is 0 Å². The van der Waals surface area contributed by atoms with Gasteiger partial charge in [-0.1, -0.05) is 13.0 Å². The van der Waals surface area contributed by atoms with Gasteiger partial charge in [-0.25, -0.2) is 9.55 Å². The maximum atomic E-state index is 4.63. The lowest BCUT2D eigenvalue weighted by molar-refractivity contribution is -0.696. The van der Waals surface area contributed by atoms with Gasteiger partial charge in [0.15, 0.2) is 12.4 Å². The van der Waals surface area contributed by atoms with Gasteiger partial charge in [0.2, 0.25) is 0 Å². The summed E-state index contributed by atoms with van der Waals surface area (Å²) in [5, 5.41) is 0. The smallest absolute Gasteiger partial charge is 0.169 e. The van der Waals surface area contributed by atoms with Crippen molar-refractivity contribution < 1.29 is 4.57 Å². The molecule has 2 heterocycles. The maximum absolute atomic E-state index is 4.63. The van der Waals surface area contributed by atoms with E-state index in [1.807, 2.05) is 0 Å². The minimum Gasteiger partial charge on any atom is -0.338 e. The van der Waals surface area contributed by atoms with Gasteiger partial charge < -0.3 is 4.98 Å². The van der Waals surface area contributed by atoms with Crippen LogP contribution in [-0.4, -0.2) is 9.97 Å². The highest BCUT2D eigenvalue weighted by Crippen LogP contribution is 2.20. The van der Waals surface area contributed by atoms with Gasteiger partial charge >= 0.3 is 0 Å². The van der Waals surface area contributed by atoms with Crippen LogP contribution in [-0.2, 0) is 6.54 Å². The summed E-state index contributed by atoms with van der Waals surface area (Å²) in [6, 6.07) is 10.5. The standard InChI is InChI=1S/C16H17N3/c1-3-8-19-9-6-13(7-10-19)16-17-14-5-4-12(2)11-15(14)18-16/h4-7,9-11H,3,8H2,1-2H3/p+1. The highest BCUT2D eigenvalue weighted by molar-refractivity contribution is 5.79. The number of benzene rings is 1. The zero-order valence-electron chi connectivity index (χ0n) is 11.4. The number of imidazole rings is 1. The van der Waals surface area contributed by atoms with E-state index in [9.17, 15) is 0 Å². The summed E-state index contributed by atoms with van der Waals surface area (Å²) in [4.78, 5) is 8.02. The molecule has 0 spiro atoms. The number of aromatic amines is 1. The molecule has 1 N–H and O–H groups in total. The van der Waals surface area contributed by atoms with Crippen LogP contribution >= 0.6 is 0 Å². The molecule has 0 aliphatic carbocycles. The molecule has 19 heavy (non-hydrogen) atoms. The SMILES string of the molecule is CCC[n+]1ccc(-c2nc3ccc(C)cc3[nH]2)cc1. The summed E-state index contributed by atoms with van der Waals surface area (Å²) in [7, 11) is 0. The molecule has 0 amide bonds. The number of H-pyrrole nitrogens is 1. The molecule has 0 aliphatic rings. The van der Waals surface area contributed by atoms with Crippen molar-refractivity contribution in [1.82, 2.24) is 9.97 Å². The monoisotopic (exact) mass is 252 g/mol. The van der Waals surface area contributed by atoms with E-state index < -0.39 is 0 Å². The van der Waals surface area contributed by atoms with Crippen LogP contribution in [0.1, 0.15) is 18.9 Å². The zero-order chi connectivity index (χ0) is 13.2. The fourth-order valence-corrected chi connectivity index (χ4v) is 2.28. The lowest BCUT2D eigenvalue weighted by atomic mass is 10.2. The molecule has 0 bridgehead atoms. The topological polar surface area (TPSA) is 32.6 Å². The van der Waals surface area contributed by atoms with Crippen LogP contribution in [0.5, 0.6) is 0 Å². The number of pyridine rings is 1. The maximum Gasteiger partial charge on any atom is 0.169 e. The fourth-order valence-electron chi connectivity index (χ4n) is 2.28. The van der Waals surface area contributed by atoms with Gasteiger partial charge in [-0.3, -0.25) is 0 Å². The quantitative estimate of drug-likeness (QED) is 0.713. The molecule has 3 aromatic rings. The van der Waals surface area contributed by atoms with Crippen molar-refractivity contribution in [1.29, 1.82) is 0 Å². The van der Waals surface area contributed by atoms with Crippen molar-refractivity contribution in [3.05, 3.63) is 48.3 Å². The summed E-state index contributed by atoms with van der Waals surface area (Å²) in [5.41, 5.74) is 4.49. The first kappa shape index (κ1) is 11.9. The minimum absolute atomic E-state index is 0.934. The Balaban J connectivity index is 1.99. The summed E-state index contributed by atoms with van der Waals surface area (Å²) in [6.07, 6.45) is 5.36. The number of nitrogens with zero attached hydrogens (tertiary/aromatic N) is 2. The van der Waals surface area contributed by atoms with Crippen LogP contribution in [0.3, 0.4) is 0 Å². The van der Waals surface area contributed by atoms with Crippen molar-refractivity contribution in [2.45, 2.75) is 26.8 Å². The lowest BCUT2D eigenvalue weighted by Crippen LogP contribution is -2.31. The number of hydrogen-bond acceptors (Lipinski definition) is 1. The van der Waals surface area contributed by atoms with E-state index in [4.69, 9.17) is 0 Å². The highest BCUT2D eigenvalue weighted by Gasteiger charge is 2.07. The van der Waals surface area contributed by atoms with E-state index in [-0.39, 0.29) is 0 Å². The van der Waals surface area contributed by atoms with Crippen molar-refractivity contribution in [3.8, 4) is 11.4 Å². The Labute approximate surface area is 112 Å². The molecule has 96 valence electrons. The number of aryl methyl sites for hydroxylation is 2. The second-order valence-electron chi connectivity index (χ2n) is 4.93. The van der Waals surface area contributed by atoms with Crippen molar-refractivity contribution in [2.75, 3.05) is 0 Å². The van der Waals surface area contributed by atoms with Crippen LogP contribution in [0.2, 0.25) is 0 Å². The van der Waals surface area contributed by atoms with Gasteiger partial charge in [-0.15, -0.1) is 0 Å². The second-order valence-corrected chi connectivity index (χ2v) is 4.93. The van der Waals surface area contributed by atoms with Gasteiger partial charge in [0.1, 0.15) is 12.4 Å². The fraction of sp³-hybridized carbons (Fsp3) is 0.250. The zero-order valence-corrected chi connectivity index (χ0v) is 11.4. The molecular formula is C16H18N3+. The number of fused-ring (bicyclic) bond motifs is 1. The van der Waals surface area contributed by atoms with E-state index in [0.29, 0.717) is 0 Å². The summed E-state index contributed by atoms with van der Waals surface area (Å²) in [5.74, 6) is 0.934. The molecule has 1 aromatic carbocycles. The third-order valence-electron chi connectivity index (χ3n) is 3.28. The molecule has 2 aromatic heterocycles. The molecule has 3 nitrogen and oxygen atoms in total. The molecule has 3 heteroatoms. The molecule has 0 atom stereocenters. The lowest BCUT2D eigenvalue weighted by Gasteiger charge is -1.96. The summed E-state index contributed by atoms with van der Waals surface area (Å²) < 4.78 is 2.19.